The summed E-state index contributed by atoms with van der Waals surface area (Å²) in [5, 5.41) is 4.16. The molecule has 1 heteroatoms. The molecule has 0 amide bonds. The lowest BCUT2D eigenvalue weighted by atomic mass is 9.77. The van der Waals surface area contributed by atoms with Crippen LogP contribution in [0.1, 0.15) is 71.1 Å². The van der Waals surface area contributed by atoms with Crippen LogP contribution in [0.25, 0.3) is 0 Å². The van der Waals surface area contributed by atoms with E-state index in [1.807, 2.05) is 0 Å². The van der Waals surface area contributed by atoms with Crippen molar-refractivity contribution in [1.82, 2.24) is 5.32 Å². The maximum Gasteiger partial charge on any atom is 0.0104 e. The van der Waals surface area contributed by atoms with Gasteiger partial charge in [0.25, 0.3) is 0 Å². The van der Waals surface area contributed by atoms with E-state index in [1.54, 1.807) is 19.3 Å². The Balaban J connectivity index is 1.41. The molecule has 0 aromatic heterocycles. The Kier molecular flexibility index (Phi) is 3.38. The van der Waals surface area contributed by atoms with Gasteiger partial charge in [-0.15, -0.1) is 0 Å². The Morgan fingerprint density at radius 1 is 0.789 bits per heavy atom. The van der Waals surface area contributed by atoms with Gasteiger partial charge in [0.2, 0.25) is 0 Å². The van der Waals surface area contributed by atoms with Crippen LogP contribution >= 0.6 is 0 Å². The molecule has 1 nitrogen and oxygen atoms in total. The van der Waals surface area contributed by atoms with Crippen molar-refractivity contribution in [2.75, 3.05) is 0 Å². The minimum absolute atomic E-state index is 0.864. The minimum Gasteiger partial charge on any atom is -0.311 e. The lowest BCUT2D eigenvalue weighted by molar-refractivity contribution is 0.163. The van der Waals surface area contributed by atoms with E-state index in [0.29, 0.717) is 0 Å². The van der Waals surface area contributed by atoms with Gasteiger partial charge >= 0.3 is 0 Å². The summed E-state index contributed by atoms with van der Waals surface area (Å²) in [6.07, 6.45) is 15.1. The molecule has 4 aliphatic rings. The fraction of sp³-hybridized carbons (Fsp3) is 1.00. The van der Waals surface area contributed by atoms with Crippen LogP contribution in [0, 0.1) is 29.6 Å². The van der Waals surface area contributed by atoms with Gasteiger partial charge in [-0.25, -0.2) is 0 Å². The number of hydrogen-bond acceptors (Lipinski definition) is 1. The topological polar surface area (TPSA) is 12.0 Å². The SMILES string of the molecule is CCC1CCCCC1NC1CC2CC1C1CCCC21. The summed E-state index contributed by atoms with van der Waals surface area (Å²) < 4.78 is 0. The molecule has 0 spiro atoms. The van der Waals surface area contributed by atoms with E-state index in [1.165, 1.54) is 44.9 Å². The first-order chi connectivity index (χ1) is 9.36. The molecule has 0 heterocycles. The van der Waals surface area contributed by atoms with Crippen molar-refractivity contribution < 1.29 is 0 Å². The van der Waals surface area contributed by atoms with Gasteiger partial charge in [-0.05, 0) is 68.1 Å². The first kappa shape index (κ1) is 12.7. The Bertz CT molecular complexity index is 326. The Morgan fingerprint density at radius 2 is 1.63 bits per heavy atom. The molecule has 0 aromatic rings. The Labute approximate surface area is 118 Å². The molecule has 4 saturated carbocycles. The molecule has 7 unspecified atom stereocenters. The molecule has 7 atom stereocenters. The summed E-state index contributed by atoms with van der Waals surface area (Å²) in [6, 6.07) is 1.77. The van der Waals surface area contributed by atoms with Crippen molar-refractivity contribution in [3.05, 3.63) is 0 Å². The van der Waals surface area contributed by atoms with Crippen LogP contribution in [-0.4, -0.2) is 12.1 Å². The summed E-state index contributed by atoms with van der Waals surface area (Å²) in [5.74, 6) is 5.43. The second-order valence-electron chi connectivity index (χ2n) is 7.99. The zero-order valence-electron chi connectivity index (χ0n) is 12.6. The summed E-state index contributed by atoms with van der Waals surface area (Å²) in [6.45, 7) is 2.40. The molecular weight excluding hydrogens is 230 g/mol. The molecule has 4 fully saturated rings. The van der Waals surface area contributed by atoms with Crippen molar-refractivity contribution in [2.45, 2.75) is 83.2 Å². The summed E-state index contributed by atoms with van der Waals surface area (Å²) in [5.41, 5.74) is 0. The molecule has 0 saturated heterocycles. The number of fused-ring (bicyclic) bond motifs is 5. The molecular formula is C18H31N. The predicted octanol–water partition coefficient (Wildman–Crippen LogP) is 4.37. The van der Waals surface area contributed by atoms with Gasteiger partial charge in [0, 0.05) is 12.1 Å². The second-order valence-corrected chi connectivity index (χ2v) is 7.99. The summed E-state index contributed by atoms with van der Waals surface area (Å²) in [4.78, 5) is 0. The fourth-order valence-corrected chi connectivity index (χ4v) is 6.45. The van der Waals surface area contributed by atoms with Crippen LogP contribution in [0.15, 0.2) is 0 Å². The second kappa shape index (κ2) is 5.06. The normalized spacial score (nSPS) is 52.6. The van der Waals surface area contributed by atoms with Gasteiger partial charge in [0.05, 0.1) is 0 Å². The predicted molar refractivity (Wildman–Crippen MR) is 80.0 cm³/mol. The average molecular weight is 261 g/mol. The van der Waals surface area contributed by atoms with E-state index >= 15 is 0 Å². The summed E-state index contributed by atoms with van der Waals surface area (Å²) >= 11 is 0. The molecule has 2 bridgehead atoms. The van der Waals surface area contributed by atoms with Crippen molar-refractivity contribution >= 4 is 0 Å². The van der Waals surface area contributed by atoms with Crippen molar-refractivity contribution in [2.24, 2.45) is 29.6 Å². The zero-order valence-corrected chi connectivity index (χ0v) is 12.6. The molecule has 4 aliphatic carbocycles. The lowest BCUT2D eigenvalue weighted by Gasteiger charge is -2.39. The van der Waals surface area contributed by atoms with Crippen LogP contribution in [0.4, 0.5) is 0 Å². The summed E-state index contributed by atoms with van der Waals surface area (Å²) in [7, 11) is 0. The number of nitrogens with one attached hydrogen (secondary N) is 1. The van der Waals surface area contributed by atoms with E-state index in [2.05, 4.69) is 12.2 Å². The quantitative estimate of drug-likeness (QED) is 0.795. The maximum atomic E-state index is 4.16. The van der Waals surface area contributed by atoms with Crippen LogP contribution in [0.2, 0.25) is 0 Å². The first-order valence-electron chi connectivity index (χ1n) is 9.13. The van der Waals surface area contributed by atoms with Gasteiger partial charge in [-0.3, -0.25) is 0 Å². The number of hydrogen-bond donors (Lipinski definition) is 1. The highest BCUT2D eigenvalue weighted by atomic mass is 15.0. The number of rotatable bonds is 3. The highest BCUT2D eigenvalue weighted by molar-refractivity contribution is 5.06. The Morgan fingerprint density at radius 3 is 2.53 bits per heavy atom. The van der Waals surface area contributed by atoms with E-state index in [0.717, 1.165) is 41.7 Å². The average Bonchev–Trinajstić information content (AvgIpc) is 3.11. The molecule has 4 rings (SSSR count). The third-order valence-electron chi connectivity index (χ3n) is 7.29. The van der Waals surface area contributed by atoms with E-state index in [9.17, 15) is 0 Å². The fourth-order valence-electron chi connectivity index (χ4n) is 6.45. The maximum absolute atomic E-state index is 4.16. The third kappa shape index (κ3) is 2.07. The van der Waals surface area contributed by atoms with Gasteiger partial charge in [-0.2, -0.15) is 0 Å². The Hall–Kier alpha value is -0.0400. The van der Waals surface area contributed by atoms with Gasteiger partial charge in [0.15, 0.2) is 0 Å². The molecule has 0 aromatic carbocycles. The molecule has 0 aliphatic heterocycles. The standard InChI is InChI=1S/C18H31N/c1-2-12-6-3-4-9-17(12)19-18-11-13-10-16(18)15-8-5-7-14(13)15/h12-19H,2-11H2,1H3. The van der Waals surface area contributed by atoms with Crippen LogP contribution in [0.3, 0.4) is 0 Å². The monoisotopic (exact) mass is 261 g/mol. The van der Waals surface area contributed by atoms with Gasteiger partial charge in [-0.1, -0.05) is 32.6 Å². The van der Waals surface area contributed by atoms with Crippen molar-refractivity contribution in [1.29, 1.82) is 0 Å². The van der Waals surface area contributed by atoms with Crippen LogP contribution in [-0.2, 0) is 0 Å². The molecule has 108 valence electrons. The van der Waals surface area contributed by atoms with Crippen molar-refractivity contribution in [3.63, 3.8) is 0 Å². The van der Waals surface area contributed by atoms with E-state index in [-0.39, 0.29) is 0 Å². The van der Waals surface area contributed by atoms with Gasteiger partial charge in [0.1, 0.15) is 0 Å². The third-order valence-corrected chi connectivity index (χ3v) is 7.29. The molecule has 19 heavy (non-hydrogen) atoms. The zero-order chi connectivity index (χ0) is 12.8. The molecule has 0 radical (unpaired) electrons. The lowest BCUT2D eigenvalue weighted by Crippen LogP contribution is -2.48. The largest absolute Gasteiger partial charge is 0.311 e. The van der Waals surface area contributed by atoms with E-state index < -0.39 is 0 Å². The smallest absolute Gasteiger partial charge is 0.0104 e. The van der Waals surface area contributed by atoms with Crippen molar-refractivity contribution in [3.8, 4) is 0 Å². The molecule has 1 N–H and O–H groups in total. The van der Waals surface area contributed by atoms with E-state index in [4.69, 9.17) is 0 Å². The van der Waals surface area contributed by atoms with Crippen LogP contribution < -0.4 is 5.32 Å². The highest BCUT2D eigenvalue weighted by Gasteiger charge is 2.54. The first-order valence-corrected chi connectivity index (χ1v) is 9.13. The van der Waals surface area contributed by atoms with Crippen LogP contribution in [0.5, 0.6) is 0 Å². The van der Waals surface area contributed by atoms with Gasteiger partial charge < -0.3 is 5.32 Å². The minimum atomic E-state index is 0.864. The highest BCUT2D eigenvalue weighted by Crippen LogP contribution is 2.58.